The van der Waals surface area contributed by atoms with Crippen molar-refractivity contribution in [2.45, 2.75) is 62.6 Å². The Labute approximate surface area is 223 Å². The van der Waals surface area contributed by atoms with E-state index < -0.39 is 6.04 Å². The molecule has 6 heteroatoms. The lowest BCUT2D eigenvalue weighted by atomic mass is 10.0. The summed E-state index contributed by atoms with van der Waals surface area (Å²) in [6, 6.07) is 25.2. The van der Waals surface area contributed by atoms with Crippen molar-refractivity contribution in [2.75, 3.05) is 5.75 Å². The first-order chi connectivity index (χ1) is 17.5. The SMILES string of the molecule is Cc1cccc(CN(C(=O)CSc2ccc(Cl)cc2)C(Cc2ccccc2)C(=O)NC2CCCC2)c1. The van der Waals surface area contributed by atoms with E-state index in [1.165, 1.54) is 11.8 Å². The van der Waals surface area contributed by atoms with Gasteiger partial charge in [0.25, 0.3) is 0 Å². The molecule has 0 heterocycles. The number of amides is 2. The number of nitrogens with one attached hydrogen (secondary N) is 1. The average molecular weight is 521 g/mol. The number of hydrogen-bond acceptors (Lipinski definition) is 3. The number of aryl methyl sites for hydroxylation is 1. The minimum atomic E-state index is -0.591. The molecule has 1 atom stereocenters. The molecule has 1 aliphatic rings. The third kappa shape index (κ3) is 7.62. The van der Waals surface area contributed by atoms with E-state index in [9.17, 15) is 9.59 Å². The fraction of sp³-hybridized carbons (Fsp3) is 0.333. The van der Waals surface area contributed by atoms with Crippen molar-refractivity contribution in [3.8, 4) is 0 Å². The van der Waals surface area contributed by atoms with Gasteiger partial charge in [-0.2, -0.15) is 0 Å². The third-order valence-electron chi connectivity index (χ3n) is 6.58. The third-order valence-corrected chi connectivity index (χ3v) is 7.83. The van der Waals surface area contributed by atoms with Crippen LogP contribution in [0.15, 0.2) is 83.8 Å². The molecule has 36 heavy (non-hydrogen) atoms. The first kappa shape index (κ1) is 26.3. The zero-order chi connectivity index (χ0) is 25.3. The van der Waals surface area contributed by atoms with Gasteiger partial charge in [0.15, 0.2) is 0 Å². The maximum absolute atomic E-state index is 13.7. The molecule has 0 bridgehead atoms. The Kier molecular flexibility index (Phi) is 9.48. The van der Waals surface area contributed by atoms with E-state index in [0.717, 1.165) is 47.3 Å². The van der Waals surface area contributed by atoms with Crippen LogP contribution in [-0.2, 0) is 22.6 Å². The maximum Gasteiger partial charge on any atom is 0.243 e. The fourth-order valence-corrected chi connectivity index (χ4v) is 5.60. The second-order valence-electron chi connectivity index (χ2n) is 9.45. The van der Waals surface area contributed by atoms with Gasteiger partial charge in [0.2, 0.25) is 11.8 Å². The lowest BCUT2D eigenvalue weighted by Crippen LogP contribution is -2.52. The zero-order valence-corrected chi connectivity index (χ0v) is 22.2. The molecule has 4 rings (SSSR count). The van der Waals surface area contributed by atoms with E-state index in [2.05, 4.69) is 11.4 Å². The van der Waals surface area contributed by atoms with Gasteiger partial charge in [0.05, 0.1) is 5.75 Å². The number of carbonyl (C=O) groups is 2. The molecule has 188 valence electrons. The van der Waals surface area contributed by atoms with Gasteiger partial charge in [-0.3, -0.25) is 9.59 Å². The van der Waals surface area contributed by atoms with E-state index in [1.807, 2.05) is 79.7 Å². The predicted octanol–water partition coefficient (Wildman–Crippen LogP) is 6.44. The summed E-state index contributed by atoms with van der Waals surface area (Å²) in [7, 11) is 0. The quantitative estimate of drug-likeness (QED) is 0.313. The van der Waals surface area contributed by atoms with Crippen LogP contribution in [0.2, 0.25) is 5.02 Å². The van der Waals surface area contributed by atoms with Crippen LogP contribution in [0.5, 0.6) is 0 Å². The topological polar surface area (TPSA) is 49.4 Å². The number of nitrogens with zero attached hydrogens (tertiary/aromatic N) is 1. The largest absolute Gasteiger partial charge is 0.352 e. The van der Waals surface area contributed by atoms with Crippen LogP contribution in [0, 0.1) is 6.92 Å². The summed E-state index contributed by atoms with van der Waals surface area (Å²) in [6.45, 7) is 2.43. The molecular formula is C30H33ClN2O2S. The Balaban J connectivity index is 1.60. The molecule has 1 unspecified atom stereocenters. The number of benzene rings is 3. The molecular weight excluding hydrogens is 488 g/mol. The Morgan fingerprint density at radius 3 is 2.36 bits per heavy atom. The highest BCUT2D eigenvalue weighted by Crippen LogP contribution is 2.24. The summed E-state index contributed by atoms with van der Waals surface area (Å²) in [5.74, 6) is 0.123. The molecule has 1 aliphatic carbocycles. The molecule has 2 amide bonds. The van der Waals surface area contributed by atoms with E-state index in [4.69, 9.17) is 11.6 Å². The van der Waals surface area contributed by atoms with E-state index in [-0.39, 0.29) is 23.6 Å². The van der Waals surface area contributed by atoms with Crippen LogP contribution in [0.3, 0.4) is 0 Å². The Bertz CT molecular complexity index is 1150. The van der Waals surface area contributed by atoms with Crippen molar-refractivity contribution < 1.29 is 9.59 Å². The normalized spacial score (nSPS) is 14.4. The predicted molar refractivity (Wildman–Crippen MR) is 148 cm³/mol. The van der Waals surface area contributed by atoms with Gasteiger partial charge in [0, 0.05) is 28.9 Å². The van der Waals surface area contributed by atoms with E-state index >= 15 is 0 Å². The van der Waals surface area contributed by atoms with Gasteiger partial charge in [-0.05, 0) is 55.2 Å². The summed E-state index contributed by atoms with van der Waals surface area (Å²) in [4.78, 5) is 30.2. The number of carbonyl (C=O) groups excluding carboxylic acids is 2. The van der Waals surface area contributed by atoms with Crippen LogP contribution < -0.4 is 5.32 Å². The molecule has 0 radical (unpaired) electrons. The number of hydrogen-bond donors (Lipinski definition) is 1. The molecule has 1 N–H and O–H groups in total. The van der Waals surface area contributed by atoms with Gasteiger partial charge >= 0.3 is 0 Å². The molecule has 3 aromatic rings. The molecule has 3 aromatic carbocycles. The minimum Gasteiger partial charge on any atom is -0.352 e. The summed E-state index contributed by atoms with van der Waals surface area (Å²) in [6.07, 6.45) is 4.75. The summed E-state index contributed by atoms with van der Waals surface area (Å²) in [5.41, 5.74) is 3.19. The van der Waals surface area contributed by atoms with Gasteiger partial charge in [-0.15, -0.1) is 11.8 Å². The highest BCUT2D eigenvalue weighted by atomic mass is 35.5. The Morgan fingerprint density at radius 2 is 1.67 bits per heavy atom. The second-order valence-corrected chi connectivity index (χ2v) is 10.9. The number of halogens is 1. The van der Waals surface area contributed by atoms with Gasteiger partial charge in [-0.1, -0.05) is 84.6 Å². The standard InChI is InChI=1S/C30H33ClN2O2S/c1-22-8-7-11-24(18-22)20-33(29(34)21-36-27-16-14-25(31)15-17-27)28(19-23-9-3-2-4-10-23)30(35)32-26-12-5-6-13-26/h2-4,7-11,14-18,26,28H,5-6,12-13,19-21H2,1H3,(H,32,35). The number of thioether (sulfide) groups is 1. The van der Waals surface area contributed by atoms with Crippen LogP contribution in [0.4, 0.5) is 0 Å². The van der Waals surface area contributed by atoms with Crippen molar-refractivity contribution in [1.82, 2.24) is 10.2 Å². The van der Waals surface area contributed by atoms with Crippen LogP contribution >= 0.6 is 23.4 Å². The molecule has 0 aliphatic heterocycles. The molecule has 1 fully saturated rings. The Hall–Kier alpha value is -2.76. The van der Waals surface area contributed by atoms with E-state index in [0.29, 0.717) is 18.0 Å². The summed E-state index contributed by atoms with van der Waals surface area (Å²) >= 11 is 7.49. The van der Waals surface area contributed by atoms with Gasteiger partial charge in [-0.25, -0.2) is 0 Å². The lowest BCUT2D eigenvalue weighted by Gasteiger charge is -2.32. The van der Waals surface area contributed by atoms with Crippen molar-refractivity contribution in [3.05, 3.63) is 101 Å². The highest BCUT2D eigenvalue weighted by molar-refractivity contribution is 8.00. The molecule has 1 saturated carbocycles. The van der Waals surface area contributed by atoms with Crippen molar-refractivity contribution in [3.63, 3.8) is 0 Å². The Morgan fingerprint density at radius 1 is 0.972 bits per heavy atom. The first-order valence-electron chi connectivity index (χ1n) is 12.6. The molecule has 0 spiro atoms. The van der Waals surface area contributed by atoms with Crippen LogP contribution in [0.25, 0.3) is 0 Å². The van der Waals surface area contributed by atoms with Crippen LogP contribution in [-0.4, -0.2) is 34.6 Å². The molecule has 0 aromatic heterocycles. The number of rotatable bonds is 10. The minimum absolute atomic E-state index is 0.0565. The average Bonchev–Trinajstić information content (AvgIpc) is 3.39. The van der Waals surface area contributed by atoms with Crippen molar-refractivity contribution in [2.24, 2.45) is 0 Å². The second kappa shape index (κ2) is 13.0. The lowest BCUT2D eigenvalue weighted by molar-refractivity contribution is -0.139. The van der Waals surface area contributed by atoms with Gasteiger partial charge < -0.3 is 10.2 Å². The smallest absolute Gasteiger partial charge is 0.243 e. The van der Waals surface area contributed by atoms with Crippen molar-refractivity contribution >= 4 is 35.2 Å². The van der Waals surface area contributed by atoms with Gasteiger partial charge in [0.1, 0.15) is 6.04 Å². The molecule has 4 nitrogen and oxygen atoms in total. The fourth-order valence-electron chi connectivity index (χ4n) is 4.69. The van der Waals surface area contributed by atoms with Crippen LogP contribution in [0.1, 0.15) is 42.4 Å². The van der Waals surface area contributed by atoms with E-state index in [1.54, 1.807) is 4.90 Å². The highest BCUT2D eigenvalue weighted by Gasteiger charge is 2.32. The monoisotopic (exact) mass is 520 g/mol. The maximum atomic E-state index is 13.7. The van der Waals surface area contributed by atoms with Crippen molar-refractivity contribution in [1.29, 1.82) is 0 Å². The first-order valence-corrected chi connectivity index (χ1v) is 13.9. The summed E-state index contributed by atoms with van der Waals surface area (Å²) < 4.78 is 0. The summed E-state index contributed by atoms with van der Waals surface area (Å²) in [5, 5.41) is 3.92. The molecule has 0 saturated heterocycles. The zero-order valence-electron chi connectivity index (χ0n) is 20.7.